The van der Waals surface area contributed by atoms with Crippen LogP contribution in [-0.4, -0.2) is 21.8 Å². The standard InChI is InChI=1S/C29H24N4OS/c1-34-24-11-6-10-23(19-24)33-28(27(31-29(33)35)25-12-4-5-16-30-25)26-13-7-17-32(26)22-15-14-20-8-2-3-9-21(20)18-22/h2-19,27-28H,1H3,(H,31,35)/t27-,28-/m1/s1. The van der Waals surface area contributed by atoms with Crippen LogP contribution < -0.4 is 15.0 Å². The van der Waals surface area contributed by atoms with E-state index in [0.717, 1.165) is 28.5 Å². The Hall–Kier alpha value is -4.16. The average Bonchev–Trinajstić information content (AvgIpc) is 3.53. The molecule has 2 atom stereocenters. The monoisotopic (exact) mass is 476 g/mol. The molecular formula is C29H24N4OS. The summed E-state index contributed by atoms with van der Waals surface area (Å²) in [6, 6.07) is 33.0. The molecule has 5 nitrogen and oxygen atoms in total. The maximum atomic E-state index is 5.89. The lowest BCUT2D eigenvalue weighted by Gasteiger charge is -2.29. The molecule has 0 unspecified atom stereocenters. The van der Waals surface area contributed by atoms with Gasteiger partial charge in [0.2, 0.25) is 0 Å². The summed E-state index contributed by atoms with van der Waals surface area (Å²) in [7, 11) is 1.68. The normalized spacial score (nSPS) is 17.5. The van der Waals surface area contributed by atoms with Crippen molar-refractivity contribution >= 4 is 33.8 Å². The number of fused-ring (bicyclic) bond motifs is 1. The Balaban J connectivity index is 1.51. The summed E-state index contributed by atoms with van der Waals surface area (Å²) >= 11 is 5.89. The third-order valence-electron chi connectivity index (χ3n) is 6.52. The van der Waals surface area contributed by atoms with Crippen molar-refractivity contribution in [2.24, 2.45) is 0 Å². The van der Waals surface area contributed by atoms with Gasteiger partial charge in [-0.3, -0.25) is 4.98 Å². The number of thiocarbonyl (C=S) groups is 1. The zero-order chi connectivity index (χ0) is 23.8. The third-order valence-corrected chi connectivity index (χ3v) is 6.84. The minimum Gasteiger partial charge on any atom is -0.497 e. The van der Waals surface area contributed by atoms with Crippen LogP contribution in [0, 0.1) is 0 Å². The second-order valence-electron chi connectivity index (χ2n) is 8.53. The fourth-order valence-corrected chi connectivity index (χ4v) is 5.24. The van der Waals surface area contributed by atoms with Gasteiger partial charge < -0.3 is 19.5 Å². The molecule has 5 aromatic rings. The summed E-state index contributed by atoms with van der Waals surface area (Å²) in [5.41, 5.74) is 4.13. The Morgan fingerprint density at radius 2 is 1.69 bits per heavy atom. The highest BCUT2D eigenvalue weighted by Gasteiger charge is 2.42. The van der Waals surface area contributed by atoms with E-state index in [-0.39, 0.29) is 12.1 Å². The van der Waals surface area contributed by atoms with Gasteiger partial charge in [-0.25, -0.2) is 0 Å². The zero-order valence-electron chi connectivity index (χ0n) is 19.2. The predicted molar refractivity (Wildman–Crippen MR) is 144 cm³/mol. The predicted octanol–water partition coefficient (Wildman–Crippen LogP) is 6.21. The van der Waals surface area contributed by atoms with E-state index in [0.29, 0.717) is 5.11 Å². The summed E-state index contributed by atoms with van der Waals surface area (Å²) in [6.45, 7) is 0. The van der Waals surface area contributed by atoms with Crippen LogP contribution in [0.25, 0.3) is 16.5 Å². The molecule has 0 aliphatic carbocycles. The highest BCUT2D eigenvalue weighted by molar-refractivity contribution is 7.80. The summed E-state index contributed by atoms with van der Waals surface area (Å²) in [5, 5.41) is 6.63. The van der Waals surface area contributed by atoms with Crippen molar-refractivity contribution in [3.05, 3.63) is 121 Å². The van der Waals surface area contributed by atoms with Gasteiger partial charge in [0.1, 0.15) is 11.8 Å². The van der Waals surface area contributed by atoms with Crippen LogP contribution in [0.4, 0.5) is 5.69 Å². The number of aromatic nitrogens is 2. The van der Waals surface area contributed by atoms with Crippen LogP contribution in [0.15, 0.2) is 109 Å². The maximum Gasteiger partial charge on any atom is 0.174 e. The summed E-state index contributed by atoms with van der Waals surface area (Å²) in [6.07, 6.45) is 3.94. The van der Waals surface area contributed by atoms with Gasteiger partial charge in [-0.1, -0.05) is 42.5 Å². The minimum absolute atomic E-state index is 0.119. The first kappa shape index (κ1) is 21.4. The molecule has 172 valence electrons. The molecular weight excluding hydrogens is 452 g/mol. The van der Waals surface area contributed by atoms with Crippen LogP contribution >= 0.6 is 12.2 Å². The zero-order valence-corrected chi connectivity index (χ0v) is 20.0. The Bertz CT molecular complexity index is 1510. The van der Waals surface area contributed by atoms with Gasteiger partial charge in [-0.05, 0) is 71.5 Å². The second kappa shape index (κ2) is 8.89. The molecule has 0 radical (unpaired) electrons. The molecule has 35 heavy (non-hydrogen) atoms. The largest absolute Gasteiger partial charge is 0.497 e. The summed E-state index contributed by atoms with van der Waals surface area (Å²) in [4.78, 5) is 6.85. The molecule has 0 bridgehead atoms. The molecule has 1 N–H and O–H groups in total. The SMILES string of the molecule is COc1cccc(N2C(=S)N[C@H](c3ccccn3)[C@H]2c2cccn2-c2ccc3ccccc3c2)c1. The van der Waals surface area contributed by atoms with E-state index in [4.69, 9.17) is 17.0 Å². The van der Waals surface area contributed by atoms with Crippen molar-refractivity contribution in [3.8, 4) is 11.4 Å². The average molecular weight is 477 g/mol. The van der Waals surface area contributed by atoms with Gasteiger partial charge in [0, 0.05) is 35.5 Å². The van der Waals surface area contributed by atoms with Gasteiger partial charge in [-0.15, -0.1) is 0 Å². The first-order chi connectivity index (χ1) is 17.2. The molecule has 1 aliphatic rings. The van der Waals surface area contributed by atoms with Crippen LogP contribution in [-0.2, 0) is 0 Å². The van der Waals surface area contributed by atoms with Crippen LogP contribution in [0.5, 0.6) is 5.75 Å². The number of hydrogen-bond acceptors (Lipinski definition) is 3. The van der Waals surface area contributed by atoms with E-state index < -0.39 is 0 Å². The van der Waals surface area contributed by atoms with E-state index in [1.54, 1.807) is 7.11 Å². The van der Waals surface area contributed by atoms with E-state index in [9.17, 15) is 0 Å². The highest BCUT2D eigenvalue weighted by Crippen LogP contribution is 2.43. The maximum absolute atomic E-state index is 5.89. The number of nitrogens with zero attached hydrogens (tertiary/aromatic N) is 3. The second-order valence-corrected chi connectivity index (χ2v) is 8.92. The van der Waals surface area contributed by atoms with Crippen LogP contribution in [0.2, 0.25) is 0 Å². The smallest absolute Gasteiger partial charge is 0.174 e. The molecule has 0 saturated carbocycles. The molecule has 6 heteroatoms. The molecule has 1 saturated heterocycles. The van der Waals surface area contributed by atoms with Crippen molar-refractivity contribution in [1.82, 2.24) is 14.9 Å². The molecule has 3 heterocycles. The van der Waals surface area contributed by atoms with Crippen molar-refractivity contribution in [2.75, 3.05) is 12.0 Å². The lowest BCUT2D eigenvalue weighted by molar-refractivity contribution is 0.414. The number of ether oxygens (including phenoxy) is 1. The van der Waals surface area contributed by atoms with Crippen molar-refractivity contribution in [2.45, 2.75) is 12.1 Å². The van der Waals surface area contributed by atoms with Crippen LogP contribution in [0.1, 0.15) is 23.5 Å². The lowest BCUT2D eigenvalue weighted by atomic mass is 10.0. The molecule has 1 fully saturated rings. The molecule has 1 aliphatic heterocycles. The molecule has 2 aromatic heterocycles. The number of hydrogen-bond donors (Lipinski definition) is 1. The third kappa shape index (κ3) is 3.82. The Morgan fingerprint density at radius 1 is 0.829 bits per heavy atom. The number of pyridine rings is 1. The van der Waals surface area contributed by atoms with Gasteiger partial charge in [0.25, 0.3) is 0 Å². The van der Waals surface area contributed by atoms with E-state index >= 15 is 0 Å². The van der Waals surface area contributed by atoms with Gasteiger partial charge in [-0.2, -0.15) is 0 Å². The topological polar surface area (TPSA) is 42.3 Å². The quantitative estimate of drug-likeness (QED) is 0.306. The summed E-state index contributed by atoms with van der Waals surface area (Å²) < 4.78 is 7.76. The van der Waals surface area contributed by atoms with Gasteiger partial charge in [0.15, 0.2) is 5.11 Å². The number of anilines is 1. The first-order valence-corrected chi connectivity index (χ1v) is 11.9. The number of methoxy groups -OCH3 is 1. The van der Waals surface area contributed by atoms with E-state index in [1.165, 1.54) is 10.8 Å². The van der Waals surface area contributed by atoms with Crippen molar-refractivity contribution < 1.29 is 4.74 Å². The van der Waals surface area contributed by atoms with Gasteiger partial charge >= 0.3 is 0 Å². The molecule has 3 aromatic carbocycles. The van der Waals surface area contributed by atoms with Gasteiger partial charge in [0.05, 0.1) is 18.8 Å². The number of nitrogens with one attached hydrogen (secondary N) is 1. The van der Waals surface area contributed by atoms with Crippen molar-refractivity contribution in [1.29, 1.82) is 0 Å². The molecule has 0 amide bonds. The van der Waals surface area contributed by atoms with E-state index in [1.807, 2.05) is 42.6 Å². The van der Waals surface area contributed by atoms with E-state index in [2.05, 4.69) is 86.6 Å². The number of benzene rings is 3. The molecule has 0 spiro atoms. The Kier molecular flexibility index (Phi) is 5.43. The summed E-state index contributed by atoms with van der Waals surface area (Å²) in [5.74, 6) is 0.787. The molecule has 6 rings (SSSR count). The fourth-order valence-electron chi connectivity index (χ4n) is 4.89. The van der Waals surface area contributed by atoms with Crippen molar-refractivity contribution in [3.63, 3.8) is 0 Å². The lowest BCUT2D eigenvalue weighted by Crippen LogP contribution is -2.30. The number of rotatable bonds is 5. The first-order valence-electron chi connectivity index (χ1n) is 11.5. The Labute approximate surface area is 209 Å². The minimum atomic E-state index is -0.121. The highest BCUT2D eigenvalue weighted by atomic mass is 32.1. The van der Waals surface area contributed by atoms with Crippen LogP contribution in [0.3, 0.4) is 0 Å². The fraction of sp³-hybridized carbons (Fsp3) is 0.103. The Morgan fingerprint density at radius 3 is 2.51 bits per heavy atom.